The molecule has 2 heterocycles. The highest BCUT2D eigenvalue weighted by atomic mass is 15.3. The number of nitrogens with zero attached hydrogens (tertiary/aromatic N) is 4. The van der Waals surface area contributed by atoms with Crippen molar-refractivity contribution in [3.63, 3.8) is 0 Å². The van der Waals surface area contributed by atoms with Gasteiger partial charge in [0.05, 0.1) is 6.20 Å². The van der Waals surface area contributed by atoms with Crippen LogP contribution >= 0.6 is 0 Å². The summed E-state index contributed by atoms with van der Waals surface area (Å²) in [7, 11) is 0. The van der Waals surface area contributed by atoms with E-state index in [0.29, 0.717) is 23.8 Å². The van der Waals surface area contributed by atoms with Gasteiger partial charge in [-0.25, -0.2) is 0 Å². The molecule has 0 unspecified atom stereocenters. The van der Waals surface area contributed by atoms with Crippen LogP contribution in [0.3, 0.4) is 0 Å². The van der Waals surface area contributed by atoms with E-state index < -0.39 is 0 Å². The Labute approximate surface area is 299 Å². The lowest BCUT2D eigenvalue weighted by Crippen LogP contribution is -2.33. The number of allylic oxidation sites excluding steroid dienone is 2. The minimum absolute atomic E-state index is 0.369. The molecule has 4 heteroatoms. The molecule has 1 aromatic heterocycles. The molecule has 6 rings (SSSR count). The molecule has 1 saturated heterocycles. The SMILES string of the molecule is C=C(C)N1CCC(C)CC1.C=C(C1CCCCC1)N(CC1CCC(c2ccc(CC)c(C)c2)CC1)c1cccc(-c2cnn(C(C)C)c2)c1. The van der Waals surface area contributed by atoms with Crippen LogP contribution < -0.4 is 4.90 Å². The van der Waals surface area contributed by atoms with Gasteiger partial charge in [0, 0.05) is 54.5 Å². The van der Waals surface area contributed by atoms with Gasteiger partial charge in [0.15, 0.2) is 0 Å². The summed E-state index contributed by atoms with van der Waals surface area (Å²) in [6, 6.07) is 16.7. The van der Waals surface area contributed by atoms with Crippen molar-refractivity contribution in [3.05, 3.63) is 96.1 Å². The first-order chi connectivity index (χ1) is 23.6. The van der Waals surface area contributed by atoms with Gasteiger partial charge in [-0.05, 0) is 144 Å². The number of rotatable bonds is 10. The van der Waals surface area contributed by atoms with E-state index in [4.69, 9.17) is 6.58 Å². The summed E-state index contributed by atoms with van der Waals surface area (Å²) < 4.78 is 2.05. The third-order valence-electron chi connectivity index (χ3n) is 11.9. The number of likely N-dealkylation sites (tertiary alicyclic amines) is 1. The van der Waals surface area contributed by atoms with Crippen molar-refractivity contribution in [2.75, 3.05) is 24.5 Å². The molecule has 266 valence electrons. The quantitative estimate of drug-likeness (QED) is 0.216. The first-order valence-electron chi connectivity index (χ1n) is 19.7. The normalized spacial score (nSPS) is 20.5. The van der Waals surface area contributed by atoms with Crippen molar-refractivity contribution in [2.45, 2.75) is 131 Å². The Bertz CT molecular complexity index is 1490. The Balaban J connectivity index is 0.000000402. The molecule has 2 aromatic carbocycles. The maximum Gasteiger partial charge on any atom is 0.0568 e. The van der Waals surface area contributed by atoms with Gasteiger partial charge >= 0.3 is 0 Å². The fraction of sp³-hybridized carbons (Fsp3) is 0.578. The van der Waals surface area contributed by atoms with E-state index in [1.165, 1.54) is 123 Å². The van der Waals surface area contributed by atoms with Gasteiger partial charge in [-0.3, -0.25) is 4.68 Å². The Kier molecular flexibility index (Phi) is 13.3. The maximum absolute atomic E-state index is 4.75. The van der Waals surface area contributed by atoms with Gasteiger partial charge in [-0.1, -0.05) is 76.6 Å². The number of anilines is 1. The molecular formula is C45H66N4. The molecule has 3 aliphatic rings. The largest absolute Gasteiger partial charge is 0.376 e. The molecule has 0 bridgehead atoms. The fourth-order valence-electron chi connectivity index (χ4n) is 8.36. The van der Waals surface area contributed by atoms with Gasteiger partial charge in [-0.2, -0.15) is 5.10 Å². The molecule has 0 radical (unpaired) electrons. The van der Waals surface area contributed by atoms with Gasteiger partial charge in [-0.15, -0.1) is 0 Å². The van der Waals surface area contributed by atoms with Crippen molar-refractivity contribution in [1.82, 2.24) is 14.7 Å². The number of benzene rings is 2. The topological polar surface area (TPSA) is 24.3 Å². The molecule has 2 aliphatic carbocycles. The van der Waals surface area contributed by atoms with Crippen molar-refractivity contribution in [2.24, 2.45) is 17.8 Å². The zero-order valence-corrected chi connectivity index (χ0v) is 31.9. The number of hydrogen-bond donors (Lipinski definition) is 0. The molecule has 0 atom stereocenters. The van der Waals surface area contributed by atoms with Crippen LogP contribution in [0.2, 0.25) is 0 Å². The number of aromatic nitrogens is 2. The van der Waals surface area contributed by atoms with Crippen LogP contribution in [-0.4, -0.2) is 34.3 Å². The van der Waals surface area contributed by atoms with Crippen molar-refractivity contribution in [1.29, 1.82) is 0 Å². The average molecular weight is 663 g/mol. The maximum atomic E-state index is 4.75. The lowest BCUT2D eigenvalue weighted by molar-refractivity contribution is 0.238. The zero-order chi connectivity index (χ0) is 34.9. The zero-order valence-electron chi connectivity index (χ0n) is 31.9. The molecule has 3 fully saturated rings. The highest BCUT2D eigenvalue weighted by Crippen LogP contribution is 2.40. The van der Waals surface area contributed by atoms with Crippen LogP contribution in [0.5, 0.6) is 0 Å². The third kappa shape index (κ3) is 9.92. The van der Waals surface area contributed by atoms with E-state index in [-0.39, 0.29) is 0 Å². The lowest BCUT2D eigenvalue weighted by atomic mass is 9.77. The molecule has 3 aromatic rings. The van der Waals surface area contributed by atoms with Crippen LogP contribution in [0.25, 0.3) is 11.1 Å². The molecule has 0 N–H and O–H groups in total. The standard InChI is InChI=1S/C36H49N3.C9H17N/c1-6-30-19-20-34(21-27(30)4)32-17-15-29(16-18-32)24-38(28(5)31-11-8-7-9-12-31)36-14-10-13-33(22-36)35-23-37-39(25-35)26(2)3;1-8(2)10-6-4-9(3)5-7-10/h10,13-14,19-23,25-26,29,31-32H,5-9,11-12,15-18,24H2,1-4H3;9H,1,4-7H2,2-3H3. The lowest BCUT2D eigenvalue weighted by Gasteiger charge is -2.38. The Morgan fingerprint density at radius 3 is 2.22 bits per heavy atom. The van der Waals surface area contributed by atoms with Crippen LogP contribution in [0, 0.1) is 24.7 Å². The summed E-state index contributed by atoms with van der Waals surface area (Å²) in [6.45, 7) is 25.5. The molecule has 4 nitrogen and oxygen atoms in total. The monoisotopic (exact) mass is 663 g/mol. The van der Waals surface area contributed by atoms with Crippen molar-refractivity contribution < 1.29 is 0 Å². The highest BCUT2D eigenvalue weighted by Gasteiger charge is 2.28. The van der Waals surface area contributed by atoms with Crippen LogP contribution in [0.4, 0.5) is 5.69 Å². The molecular weight excluding hydrogens is 597 g/mol. The molecule has 0 amide bonds. The third-order valence-corrected chi connectivity index (χ3v) is 11.9. The van der Waals surface area contributed by atoms with E-state index in [1.807, 2.05) is 6.20 Å². The second-order valence-corrected chi connectivity index (χ2v) is 16.0. The van der Waals surface area contributed by atoms with Crippen LogP contribution in [0.1, 0.15) is 134 Å². The Hall–Kier alpha value is -3.27. The van der Waals surface area contributed by atoms with Gasteiger partial charge in [0.2, 0.25) is 0 Å². The Morgan fingerprint density at radius 1 is 0.898 bits per heavy atom. The fourth-order valence-corrected chi connectivity index (χ4v) is 8.36. The average Bonchev–Trinajstić information content (AvgIpc) is 3.63. The first-order valence-corrected chi connectivity index (χ1v) is 19.7. The second kappa shape index (κ2) is 17.6. The predicted molar refractivity (Wildman–Crippen MR) is 211 cm³/mol. The summed E-state index contributed by atoms with van der Waals surface area (Å²) >= 11 is 0. The van der Waals surface area contributed by atoms with Gasteiger partial charge < -0.3 is 9.80 Å². The van der Waals surface area contributed by atoms with E-state index in [9.17, 15) is 0 Å². The molecule has 2 saturated carbocycles. The van der Waals surface area contributed by atoms with Crippen molar-refractivity contribution >= 4 is 5.69 Å². The van der Waals surface area contributed by atoms with E-state index in [0.717, 1.165) is 18.9 Å². The van der Waals surface area contributed by atoms with E-state index >= 15 is 0 Å². The van der Waals surface area contributed by atoms with E-state index in [1.54, 1.807) is 5.56 Å². The minimum atomic E-state index is 0.369. The molecule has 49 heavy (non-hydrogen) atoms. The van der Waals surface area contributed by atoms with E-state index in [2.05, 4.69) is 116 Å². The molecule has 1 aliphatic heterocycles. The Morgan fingerprint density at radius 2 is 1.61 bits per heavy atom. The van der Waals surface area contributed by atoms with Crippen molar-refractivity contribution in [3.8, 4) is 11.1 Å². The molecule has 0 spiro atoms. The summed E-state index contributed by atoms with van der Waals surface area (Å²) in [4.78, 5) is 4.98. The summed E-state index contributed by atoms with van der Waals surface area (Å²) in [5.41, 5.74) is 10.8. The predicted octanol–water partition coefficient (Wildman–Crippen LogP) is 12.1. The number of hydrogen-bond acceptors (Lipinski definition) is 3. The summed E-state index contributed by atoms with van der Waals surface area (Å²) in [5, 5.41) is 4.60. The second-order valence-electron chi connectivity index (χ2n) is 16.0. The van der Waals surface area contributed by atoms with Gasteiger partial charge in [0.25, 0.3) is 0 Å². The van der Waals surface area contributed by atoms with Gasteiger partial charge in [0.1, 0.15) is 0 Å². The smallest absolute Gasteiger partial charge is 0.0568 e. The summed E-state index contributed by atoms with van der Waals surface area (Å²) in [5.74, 6) is 2.96. The number of aryl methyl sites for hydroxylation is 2. The summed E-state index contributed by atoms with van der Waals surface area (Å²) in [6.07, 6.45) is 19.8. The highest BCUT2D eigenvalue weighted by molar-refractivity contribution is 5.68. The minimum Gasteiger partial charge on any atom is -0.376 e. The number of piperidine rings is 1. The van der Waals surface area contributed by atoms with Crippen LogP contribution in [0.15, 0.2) is 79.4 Å². The van der Waals surface area contributed by atoms with Crippen LogP contribution in [-0.2, 0) is 6.42 Å². The first kappa shape index (κ1) is 37.0.